The van der Waals surface area contributed by atoms with Crippen LogP contribution in [0, 0.1) is 12.8 Å². The maximum Gasteiger partial charge on any atom is 0.0960 e. The van der Waals surface area contributed by atoms with Gasteiger partial charge in [0.15, 0.2) is 0 Å². The maximum atomic E-state index is 6.10. The molecule has 0 amide bonds. The Labute approximate surface area is 121 Å². The number of ether oxygens (including phenoxy) is 1. The maximum absolute atomic E-state index is 6.10. The second-order valence-corrected chi connectivity index (χ2v) is 7.51. The Hall–Kier alpha value is 0.430. The van der Waals surface area contributed by atoms with Crippen LogP contribution in [0.3, 0.4) is 0 Å². The van der Waals surface area contributed by atoms with Crippen LogP contribution in [-0.4, -0.2) is 12.7 Å². The minimum atomic E-state index is 0.450. The van der Waals surface area contributed by atoms with E-state index in [4.69, 9.17) is 16.3 Å². The van der Waals surface area contributed by atoms with Crippen molar-refractivity contribution in [2.45, 2.75) is 44.0 Å². The fourth-order valence-corrected chi connectivity index (χ4v) is 4.44. The Morgan fingerprint density at radius 3 is 2.82 bits per heavy atom. The van der Waals surface area contributed by atoms with Gasteiger partial charge in [-0.1, -0.05) is 27.5 Å². The molecule has 1 nitrogen and oxygen atoms in total. The van der Waals surface area contributed by atoms with Crippen LogP contribution in [0.1, 0.15) is 41.5 Å². The zero-order valence-electron chi connectivity index (χ0n) is 10.2. The lowest BCUT2D eigenvalue weighted by atomic mass is 9.79. The third-order valence-corrected chi connectivity index (χ3v) is 6.16. The molecule has 4 heteroatoms. The van der Waals surface area contributed by atoms with Crippen molar-refractivity contribution in [2.24, 2.45) is 5.92 Å². The van der Waals surface area contributed by atoms with E-state index in [-0.39, 0.29) is 0 Å². The number of alkyl halides is 1. The number of halogens is 2. The van der Waals surface area contributed by atoms with Crippen molar-refractivity contribution < 1.29 is 4.74 Å². The van der Waals surface area contributed by atoms with E-state index in [1.165, 1.54) is 29.7 Å². The first kappa shape index (κ1) is 13.9. The van der Waals surface area contributed by atoms with Gasteiger partial charge in [0.05, 0.1) is 10.4 Å². The van der Waals surface area contributed by atoms with Crippen molar-refractivity contribution >= 4 is 38.9 Å². The number of hydrogen-bond acceptors (Lipinski definition) is 2. The highest BCUT2D eigenvalue weighted by Gasteiger charge is 2.31. The van der Waals surface area contributed by atoms with E-state index in [0.29, 0.717) is 10.9 Å². The van der Waals surface area contributed by atoms with Crippen molar-refractivity contribution in [1.82, 2.24) is 0 Å². The SMILES string of the molecule is CCOC1CC(CC(Br)c2cc(C)c(Cl)s2)C1. The van der Waals surface area contributed by atoms with Crippen molar-refractivity contribution in [3.63, 3.8) is 0 Å². The number of hydrogen-bond donors (Lipinski definition) is 0. The second kappa shape index (κ2) is 6.05. The van der Waals surface area contributed by atoms with Gasteiger partial charge in [0.25, 0.3) is 0 Å². The van der Waals surface area contributed by atoms with Crippen LogP contribution in [-0.2, 0) is 4.74 Å². The van der Waals surface area contributed by atoms with Gasteiger partial charge in [-0.25, -0.2) is 0 Å². The Kier molecular flexibility index (Phi) is 4.93. The molecule has 1 fully saturated rings. The molecule has 0 radical (unpaired) electrons. The molecule has 0 saturated heterocycles. The molecule has 1 heterocycles. The quantitative estimate of drug-likeness (QED) is 0.658. The summed E-state index contributed by atoms with van der Waals surface area (Å²) in [7, 11) is 0. The molecule has 17 heavy (non-hydrogen) atoms. The summed E-state index contributed by atoms with van der Waals surface area (Å²) in [6, 6.07) is 2.20. The predicted octanol–water partition coefficient (Wildman–Crippen LogP) is 5.35. The number of rotatable bonds is 5. The van der Waals surface area contributed by atoms with Crippen LogP contribution in [0.15, 0.2) is 6.07 Å². The number of aryl methyl sites for hydroxylation is 1. The summed E-state index contributed by atoms with van der Waals surface area (Å²) in [6.07, 6.45) is 4.14. The van der Waals surface area contributed by atoms with Crippen LogP contribution in [0.25, 0.3) is 0 Å². The molecule has 1 aliphatic rings. The van der Waals surface area contributed by atoms with Crippen LogP contribution < -0.4 is 0 Å². The van der Waals surface area contributed by atoms with E-state index in [1.54, 1.807) is 11.3 Å². The van der Waals surface area contributed by atoms with Gasteiger partial charge in [-0.2, -0.15) is 0 Å². The molecule has 1 aromatic rings. The third kappa shape index (κ3) is 3.46. The average Bonchev–Trinajstić information content (AvgIpc) is 2.56. The van der Waals surface area contributed by atoms with E-state index in [0.717, 1.165) is 16.9 Å². The highest BCUT2D eigenvalue weighted by atomic mass is 79.9. The Morgan fingerprint density at radius 1 is 1.59 bits per heavy atom. The lowest BCUT2D eigenvalue weighted by molar-refractivity contribution is -0.0264. The number of thiophene rings is 1. The molecule has 0 aliphatic heterocycles. The summed E-state index contributed by atoms with van der Waals surface area (Å²) in [5.41, 5.74) is 1.19. The summed E-state index contributed by atoms with van der Waals surface area (Å²) in [6.45, 7) is 4.97. The minimum absolute atomic E-state index is 0.450. The van der Waals surface area contributed by atoms with Gasteiger partial charge in [0.2, 0.25) is 0 Å². The van der Waals surface area contributed by atoms with Crippen molar-refractivity contribution in [2.75, 3.05) is 6.61 Å². The summed E-state index contributed by atoms with van der Waals surface area (Å²) < 4.78 is 6.51. The molecular formula is C13H18BrClOS. The fourth-order valence-electron chi connectivity index (χ4n) is 2.29. The van der Waals surface area contributed by atoms with Gasteiger partial charge in [0.1, 0.15) is 0 Å². The predicted molar refractivity (Wildman–Crippen MR) is 78.5 cm³/mol. The van der Waals surface area contributed by atoms with Gasteiger partial charge in [-0.15, -0.1) is 11.3 Å². The average molecular weight is 338 g/mol. The monoisotopic (exact) mass is 336 g/mol. The highest BCUT2D eigenvalue weighted by molar-refractivity contribution is 9.09. The Bertz CT molecular complexity index is 354. The van der Waals surface area contributed by atoms with E-state index >= 15 is 0 Å². The van der Waals surface area contributed by atoms with Crippen LogP contribution >= 0.6 is 38.9 Å². The molecule has 1 unspecified atom stereocenters. The topological polar surface area (TPSA) is 9.23 Å². The molecule has 1 aromatic heterocycles. The highest BCUT2D eigenvalue weighted by Crippen LogP contribution is 2.43. The molecule has 0 aromatic carbocycles. The molecule has 2 rings (SSSR count). The van der Waals surface area contributed by atoms with Crippen LogP contribution in [0.4, 0.5) is 0 Å². The molecule has 1 atom stereocenters. The molecule has 0 spiro atoms. The van der Waals surface area contributed by atoms with Gasteiger partial charge in [-0.3, -0.25) is 0 Å². The lowest BCUT2D eigenvalue weighted by Gasteiger charge is -2.35. The van der Waals surface area contributed by atoms with Crippen molar-refractivity contribution in [3.05, 3.63) is 20.8 Å². The van der Waals surface area contributed by atoms with Gasteiger partial charge >= 0.3 is 0 Å². The second-order valence-electron chi connectivity index (χ2n) is 4.72. The molecule has 0 bridgehead atoms. The van der Waals surface area contributed by atoms with Gasteiger partial charge in [-0.05, 0) is 50.7 Å². The fraction of sp³-hybridized carbons (Fsp3) is 0.692. The Morgan fingerprint density at radius 2 is 2.29 bits per heavy atom. The van der Waals surface area contributed by atoms with Gasteiger partial charge < -0.3 is 4.74 Å². The molecule has 1 saturated carbocycles. The molecule has 1 aliphatic carbocycles. The van der Waals surface area contributed by atoms with Crippen molar-refractivity contribution in [1.29, 1.82) is 0 Å². The molecule has 0 N–H and O–H groups in total. The van der Waals surface area contributed by atoms with E-state index in [9.17, 15) is 0 Å². The first-order valence-corrected chi connectivity index (χ1v) is 8.22. The molecule has 96 valence electrons. The summed E-state index contributed by atoms with van der Waals surface area (Å²) in [5.74, 6) is 0.803. The van der Waals surface area contributed by atoms with Crippen LogP contribution in [0.5, 0.6) is 0 Å². The van der Waals surface area contributed by atoms with E-state index in [2.05, 4.69) is 35.8 Å². The third-order valence-electron chi connectivity index (χ3n) is 3.32. The first-order chi connectivity index (χ1) is 8.10. The lowest BCUT2D eigenvalue weighted by Crippen LogP contribution is -2.31. The van der Waals surface area contributed by atoms with Gasteiger partial charge in [0, 0.05) is 16.3 Å². The normalized spacial score (nSPS) is 25.6. The smallest absolute Gasteiger partial charge is 0.0960 e. The minimum Gasteiger partial charge on any atom is -0.378 e. The summed E-state index contributed by atoms with van der Waals surface area (Å²) in [5, 5.41) is 0. The van der Waals surface area contributed by atoms with E-state index in [1.807, 2.05) is 0 Å². The zero-order valence-corrected chi connectivity index (χ0v) is 13.4. The summed E-state index contributed by atoms with van der Waals surface area (Å²) >= 11 is 11.6. The largest absolute Gasteiger partial charge is 0.378 e. The van der Waals surface area contributed by atoms with Crippen LogP contribution in [0.2, 0.25) is 4.34 Å². The van der Waals surface area contributed by atoms with Crippen molar-refractivity contribution in [3.8, 4) is 0 Å². The molecular weight excluding hydrogens is 320 g/mol. The Balaban J connectivity index is 1.80. The van der Waals surface area contributed by atoms with E-state index < -0.39 is 0 Å². The standard InChI is InChI=1S/C13H18BrClOS/c1-3-16-10-5-9(6-10)7-11(14)12-4-8(2)13(15)17-12/h4,9-11H,3,5-7H2,1-2H3. The summed E-state index contributed by atoms with van der Waals surface area (Å²) in [4.78, 5) is 1.80. The zero-order chi connectivity index (χ0) is 12.4. The first-order valence-electron chi connectivity index (χ1n) is 6.11.